The standard InChI is InChI=1S/C13H18ClN3O/c1-16(2)10-5-4-8-17(9-10)13(18)11-6-3-7-15-12(11)14/h3,6-7,10H,4-5,8-9H2,1-2H3. The van der Waals surface area contributed by atoms with Gasteiger partial charge in [0.25, 0.3) is 5.91 Å². The third-order valence-electron chi connectivity index (χ3n) is 3.40. The third kappa shape index (κ3) is 2.82. The predicted molar refractivity (Wildman–Crippen MR) is 71.9 cm³/mol. The van der Waals surface area contributed by atoms with E-state index >= 15 is 0 Å². The number of carbonyl (C=O) groups is 1. The van der Waals surface area contributed by atoms with E-state index < -0.39 is 0 Å². The molecule has 18 heavy (non-hydrogen) atoms. The maximum absolute atomic E-state index is 12.4. The van der Waals surface area contributed by atoms with E-state index in [2.05, 4.69) is 24.0 Å². The second kappa shape index (κ2) is 5.67. The summed E-state index contributed by atoms with van der Waals surface area (Å²) in [6, 6.07) is 3.90. The van der Waals surface area contributed by atoms with E-state index in [0.717, 1.165) is 25.9 Å². The van der Waals surface area contributed by atoms with Crippen LogP contribution < -0.4 is 0 Å². The Morgan fingerprint density at radius 3 is 3.00 bits per heavy atom. The molecule has 2 rings (SSSR count). The number of carbonyl (C=O) groups excluding carboxylic acids is 1. The minimum Gasteiger partial charge on any atom is -0.337 e. The first-order valence-corrected chi connectivity index (χ1v) is 6.53. The molecule has 1 unspecified atom stereocenters. The SMILES string of the molecule is CN(C)C1CCCN(C(=O)c2cccnc2Cl)C1. The molecule has 1 saturated heterocycles. The molecule has 0 bridgehead atoms. The van der Waals surface area contributed by atoms with Crippen LogP contribution >= 0.6 is 11.6 Å². The van der Waals surface area contributed by atoms with Crippen LogP contribution in [0.2, 0.25) is 5.15 Å². The van der Waals surface area contributed by atoms with Crippen molar-refractivity contribution in [2.45, 2.75) is 18.9 Å². The van der Waals surface area contributed by atoms with E-state index in [1.165, 1.54) is 0 Å². The average Bonchev–Trinajstić information content (AvgIpc) is 2.38. The topological polar surface area (TPSA) is 36.4 Å². The van der Waals surface area contributed by atoms with Crippen molar-refractivity contribution in [3.8, 4) is 0 Å². The van der Waals surface area contributed by atoms with Crippen LogP contribution in [0.1, 0.15) is 23.2 Å². The number of amides is 1. The smallest absolute Gasteiger partial charge is 0.257 e. The van der Waals surface area contributed by atoms with E-state index in [-0.39, 0.29) is 11.1 Å². The Labute approximate surface area is 113 Å². The molecule has 0 spiro atoms. The second-order valence-corrected chi connectivity index (χ2v) is 5.21. The van der Waals surface area contributed by atoms with Gasteiger partial charge in [-0.2, -0.15) is 0 Å². The van der Waals surface area contributed by atoms with E-state index in [1.54, 1.807) is 18.3 Å². The van der Waals surface area contributed by atoms with Gasteiger partial charge in [0.2, 0.25) is 0 Å². The second-order valence-electron chi connectivity index (χ2n) is 4.85. The molecule has 0 radical (unpaired) electrons. The van der Waals surface area contributed by atoms with Gasteiger partial charge in [0.15, 0.2) is 0 Å². The number of aromatic nitrogens is 1. The highest BCUT2D eigenvalue weighted by Crippen LogP contribution is 2.19. The zero-order valence-electron chi connectivity index (χ0n) is 10.8. The lowest BCUT2D eigenvalue weighted by molar-refractivity contribution is 0.0635. The number of rotatable bonds is 2. The van der Waals surface area contributed by atoms with E-state index in [9.17, 15) is 4.79 Å². The maximum atomic E-state index is 12.4. The number of likely N-dealkylation sites (N-methyl/N-ethyl adjacent to an activating group) is 1. The summed E-state index contributed by atoms with van der Waals surface area (Å²) in [5.41, 5.74) is 0.499. The molecule has 0 saturated carbocycles. The lowest BCUT2D eigenvalue weighted by atomic mass is 10.0. The normalized spacial score (nSPS) is 20.2. The fraction of sp³-hybridized carbons (Fsp3) is 0.538. The predicted octanol–water partition coefficient (Wildman–Crippen LogP) is 1.90. The Bertz CT molecular complexity index is 436. The van der Waals surface area contributed by atoms with Crippen LogP contribution in [0.4, 0.5) is 0 Å². The van der Waals surface area contributed by atoms with Gasteiger partial charge in [0, 0.05) is 25.3 Å². The molecule has 2 heterocycles. The first kappa shape index (κ1) is 13.3. The highest BCUT2D eigenvalue weighted by atomic mass is 35.5. The van der Waals surface area contributed by atoms with E-state index in [4.69, 9.17) is 11.6 Å². The molecular weight excluding hydrogens is 250 g/mol. The molecule has 1 aromatic heterocycles. The van der Waals surface area contributed by atoms with Crippen LogP contribution in [-0.4, -0.2) is 53.9 Å². The largest absolute Gasteiger partial charge is 0.337 e. The van der Waals surface area contributed by atoms with E-state index in [1.807, 2.05) is 4.90 Å². The third-order valence-corrected chi connectivity index (χ3v) is 3.70. The first-order chi connectivity index (χ1) is 8.59. The average molecular weight is 268 g/mol. The quantitative estimate of drug-likeness (QED) is 0.768. The monoisotopic (exact) mass is 267 g/mol. The van der Waals surface area contributed by atoms with Crippen molar-refractivity contribution in [3.05, 3.63) is 29.0 Å². The number of halogens is 1. The van der Waals surface area contributed by atoms with Gasteiger partial charge in [-0.25, -0.2) is 4.98 Å². The zero-order valence-corrected chi connectivity index (χ0v) is 11.5. The van der Waals surface area contributed by atoms with Crippen molar-refractivity contribution >= 4 is 17.5 Å². The zero-order chi connectivity index (χ0) is 13.1. The van der Waals surface area contributed by atoms with Gasteiger partial charge in [-0.1, -0.05) is 11.6 Å². The number of piperidine rings is 1. The van der Waals surface area contributed by atoms with Gasteiger partial charge >= 0.3 is 0 Å². The van der Waals surface area contributed by atoms with Gasteiger partial charge < -0.3 is 9.80 Å². The first-order valence-electron chi connectivity index (χ1n) is 6.16. The highest BCUT2D eigenvalue weighted by Gasteiger charge is 2.26. The highest BCUT2D eigenvalue weighted by molar-refractivity contribution is 6.32. The minimum absolute atomic E-state index is 0.0142. The van der Waals surface area contributed by atoms with Crippen LogP contribution in [0.15, 0.2) is 18.3 Å². The molecule has 1 aliphatic heterocycles. The van der Waals surface area contributed by atoms with Gasteiger partial charge in [-0.3, -0.25) is 4.79 Å². The van der Waals surface area contributed by atoms with Gasteiger partial charge in [0.1, 0.15) is 5.15 Å². The summed E-state index contributed by atoms with van der Waals surface area (Å²) in [6.07, 6.45) is 3.77. The van der Waals surface area contributed by atoms with Crippen molar-refractivity contribution in [3.63, 3.8) is 0 Å². The number of hydrogen-bond donors (Lipinski definition) is 0. The maximum Gasteiger partial charge on any atom is 0.257 e. The lowest BCUT2D eigenvalue weighted by Gasteiger charge is -2.36. The molecular formula is C13H18ClN3O. The summed E-state index contributed by atoms with van der Waals surface area (Å²) in [4.78, 5) is 20.4. The minimum atomic E-state index is -0.0142. The summed E-state index contributed by atoms with van der Waals surface area (Å²) >= 11 is 5.97. The molecule has 4 nitrogen and oxygen atoms in total. The van der Waals surface area contributed by atoms with Gasteiger partial charge in [0.05, 0.1) is 5.56 Å². The molecule has 5 heteroatoms. The number of hydrogen-bond acceptors (Lipinski definition) is 3. The molecule has 98 valence electrons. The van der Waals surface area contributed by atoms with Crippen molar-refractivity contribution in [1.82, 2.24) is 14.8 Å². The fourth-order valence-corrected chi connectivity index (χ4v) is 2.48. The summed E-state index contributed by atoms with van der Waals surface area (Å²) in [6.45, 7) is 1.56. The van der Waals surface area contributed by atoms with E-state index in [0.29, 0.717) is 11.6 Å². The number of nitrogens with zero attached hydrogens (tertiary/aromatic N) is 3. The summed E-state index contributed by atoms with van der Waals surface area (Å²) in [7, 11) is 4.10. The Hall–Kier alpha value is -1.13. The van der Waals surface area contributed by atoms with Gasteiger partial charge in [-0.15, -0.1) is 0 Å². The molecule has 0 aliphatic carbocycles. The fourth-order valence-electron chi connectivity index (χ4n) is 2.28. The molecule has 1 amide bonds. The van der Waals surface area contributed by atoms with Crippen LogP contribution in [0.25, 0.3) is 0 Å². The molecule has 0 aromatic carbocycles. The van der Waals surface area contributed by atoms with Crippen molar-refractivity contribution in [2.75, 3.05) is 27.2 Å². The number of pyridine rings is 1. The summed E-state index contributed by atoms with van der Waals surface area (Å²) < 4.78 is 0. The molecule has 0 N–H and O–H groups in total. The summed E-state index contributed by atoms with van der Waals surface area (Å²) in [5, 5.41) is 0.287. The van der Waals surface area contributed by atoms with Crippen molar-refractivity contribution in [2.24, 2.45) is 0 Å². The lowest BCUT2D eigenvalue weighted by Crippen LogP contribution is -2.47. The van der Waals surface area contributed by atoms with Crippen LogP contribution in [0, 0.1) is 0 Å². The van der Waals surface area contributed by atoms with Gasteiger partial charge in [-0.05, 0) is 39.1 Å². The Kier molecular flexibility index (Phi) is 4.19. The van der Waals surface area contributed by atoms with Crippen molar-refractivity contribution in [1.29, 1.82) is 0 Å². The molecule has 1 aliphatic rings. The Balaban J connectivity index is 2.12. The van der Waals surface area contributed by atoms with Crippen LogP contribution in [-0.2, 0) is 0 Å². The van der Waals surface area contributed by atoms with Crippen LogP contribution in [0.5, 0.6) is 0 Å². The van der Waals surface area contributed by atoms with Crippen molar-refractivity contribution < 1.29 is 4.79 Å². The molecule has 1 aromatic rings. The summed E-state index contributed by atoms with van der Waals surface area (Å²) in [5.74, 6) is -0.0142. The molecule has 1 atom stereocenters. The van der Waals surface area contributed by atoms with Crippen LogP contribution in [0.3, 0.4) is 0 Å². The Morgan fingerprint density at radius 2 is 2.33 bits per heavy atom. The Morgan fingerprint density at radius 1 is 1.56 bits per heavy atom. The molecule has 1 fully saturated rings. The number of likely N-dealkylation sites (tertiary alicyclic amines) is 1.